The molecule has 0 saturated heterocycles. The van der Waals surface area contributed by atoms with Gasteiger partial charge in [0, 0.05) is 18.8 Å². The predicted octanol–water partition coefficient (Wildman–Crippen LogP) is 0.480. The smallest absolute Gasteiger partial charge is 0.250 e. The van der Waals surface area contributed by atoms with E-state index in [0.29, 0.717) is 6.54 Å². The van der Waals surface area contributed by atoms with E-state index in [-0.39, 0.29) is 16.9 Å². The van der Waals surface area contributed by atoms with Crippen LogP contribution in [0.5, 0.6) is 0 Å². The zero-order valence-electron chi connectivity index (χ0n) is 9.96. The summed E-state index contributed by atoms with van der Waals surface area (Å²) < 4.78 is 13.5. The number of likely N-dealkylation sites (N-methyl/N-ethyl adjacent to an activating group) is 1. The summed E-state index contributed by atoms with van der Waals surface area (Å²) in [5.41, 5.74) is 11.0. The van der Waals surface area contributed by atoms with Crippen LogP contribution in [0, 0.1) is 5.82 Å². The van der Waals surface area contributed by atoms with Gasteiger partial charge in [0.05, 0.1) is 11.3 Å². The molecule has 1 aromatic carbocycles. The number of nitrogens with two attached hydrogens (primary N) is 2. The molecule has 0 radical (unpaired) electrons. The molecule has 0 saturated carbocycles. The highest BCUT2D eigenvalue weighted by atomic mass is 19.1. The Hall–Kier alpha value is -1.82. The number of anilines is 2. The fraction of sp³-hybridized carbons (Fsp3) is 0.364. The Kier molecular flexibility index (Phi) is 4.28. The first-order valence-corrected chi connectivity index (χ1v) is 5.19. The van der Waals surface area contributed by atoms with E-state index in [9.17, 15) is 9.18 Å². The van der Waals surface area contributed by atoms with Crippen LogP contribution in [-0.2, 0) is 0 Å². The maximum Gasteiger partial charge on any atom is 0.250 e. The number of nitrogens with one attached hydrogen (secondary N) is 1. The zero-order chi connectivity index (χ0) is 13.0. The summed E-state index contributed by atoms with van der Waals surface area (Å²) in [6.07, 6.45) is 0. The lowest BCUT2D eigenvalue weighted by Gasteiger charge is -2.13. The summed E-state index contributed by atoms with van der Waals surface area (Å²) >= 11 is 0. The van der Waals surface area contributed by atoms with Gasteiger partial charge in [0.25, 0.3) is 5.91 Å². The number of amides is 1. The van der Waals surface area contributed by atoms with Crippen molar-refractivity contribution >= 4 is 17.3 Å². The zero-order valence-corrected chi connectivity index (χ0v) is 9.96. The molecule has 1 amide bonds. The van der Waals surface area contributed by atoms with E-state index >= 15 is 0 Å². The van der Waals surface area contributed by atoms with Crippen molar-refractivity contribution in [1.29, 1.82) is 0 Å². The van der Waals surface area contributed by atoms with Crippen molar-refractivity contribution in [3.05, 3.63) is 23.5 Å². The number of hydrogen-bond donors (Lipinski definition) is 3. The largest absolute Gasteiger partial charge is 0.398 e. The molecule has 0 aliphatic rings. The van der Waals surface area contributed by atoms with Gasteiger partial charge < -0.3 is 21.7 Å². The Morgan fingerprint density at radius 1 is 1.47 bits per heavy atom. The van der Waals surface area contributed by atoms with Gasteiger partial charge in [-0.05, 0) is 26.2 Å². The van der Waals surface area contributed by atoms with E-state index in [1.807, 2.05) is 19.0 Å². The van der Waals surface area contributed by atoms with Crippen LogP contribution in [0.2, 0.25) is 0 Å². The highest BCUT2D eigenvalue weighted by molar-refractivity contribution is 5.99. The fourth-order valence-electron chi connectivity index (χ4n) is 1.35. The predicted molar refractivity (Wildman–Crippen MR) is 66.4 cm³/mol. The second-order valence-corrected chi connectivity index (χ2v) is 4.01. The summed E-state index contributed by atoms with van der Waals surface area (Å²) in [7, 11) is 3.83. The van der Waals surface area contributed by atoms with Gasteiger partial charge in [-0.25, -0.2) is 4.39 Å². The van der Waals surface area contributed by atoms with Crippen LogP contribution in [0.25, 0.3) is 0 Å². The number of carbonyl (C=O) groups excluding carboxylic acids is 1. The van der Waals surface area contributed by atoms with E-state index in [1.165, 1.54) is 6.07 Å². The van der Waals surface area contributed by atoms with Gasteiger partial charge in [-0.2, -0.15) is 0 Å². The molecular formula is C11H17FN4O. The van der Waals surface area contributed by atoms with Gasteiger partial charge in [-0.15, -0.1) is 0 Å². The molecule has 0 aliphatic carbocycles. The maximum absolute atomic E-state index is 13.5. The van der Waals surface area contributed by atoms with Crippen LogP contribution in [0.4, 0.5) is 15.8 Å². The van der Waals surface area contributed by atoms with E-state index in [1.54, 1.807) is 0 Å². The van der Waals surface area contributed by atoms with Crippen molar-refractivity contribution in [1.82, 2.24) is 4.90 Å². The second kappa shape index (κ2) is 5.49. The average Bonchev–Trinajstić information content (AvgIpc) is 2.20. The molecule has 1 aromatic rings. The molecule has 1 rings (SSSR count). The average molecular weight is 240 g/mol. The fourth-order valence-corrected chi connectivity index (χ4v) is 1.35. The molecule has 0 heterocycles. The molecule has 0 aromatic heterocycles. The summed E-state index contributed by atoms with van der Waals surface area (Å²) in [4.78, 5) is 13.0. The third kappa shape index (κ3) is 3.60. The molecular weight excluding hydrogens is 223 g/mol. The molecule has 5 N–H and O–H groups in total. The Labute approximate surface area is 99.6 Å². The van der Waals surface area contributed by atoms with Crippen molar-refractivity contribution < 1.29 is 9.18 Å². The monoisotopic (exact) mass is 240 g/mol. The highest BCUT2D eigenvalue weighted by Crippen LogP contribution is 2.21. The number of rotatable bonds is 5. The van der Waals surface area contributed by atoms with Gasteiger partial charge in [0.1, 0.15) is 5.82 Å². The second-order valence-electron chi connectivity index (χ2n) is 4.01. The third-order valence-electron chi connectivity index (χ3n) is 2.28. The van der Waals surface area contributed by atoms with E-state index in [2.05, 4.69) is 5.32 Å². The minimum atomic E-state index is -0.668. The molecule has 5 nitrogen and oxygen atoms in total. The van der Waals surface area contributed by atoms with Gasteiger partial charge in [0.2, 0.25) is 0 Å². The van der Waals surface area contributed by atoms with Crippen LogP contribution in [0.1, 0.15) is 10.4 Å². The first kappa shape index (κ1) is 13.2. The Morgan fingerprint density at radius 3 is 2.65 bits per heavy atom. The van der Waals surface area contributed by atoms with Gasteiger partial charge >= 0.3 is 0 Å². The van der Waals surface area contributed by atoms with Gasteiger partial charge in [0.15, 0.2) is 0 Å². The van der Waals surface area contributed by atoms with Crippen LogP contribution >= 0.6 is 0 Å². The summed E-state index contributed by atoms with van der Waals surface area (Å²) in [6, 6.07) is 2.43. The Morgan fingerprint density at radius 2 is 2.12 bits per heavy atom. The normalized spacial score (nSPS) is 10.6. The molecule has 94 valence electrons. The first-order valence-electron chi connectivity index (χ1n) is 5.19. The Balaban J connectivity index is 2.84. The summed E-state index contributed by atoms with van der Waals surface area (Å²) in [6.45, 7) is 1.31. The molecule has 0 atom stereocenters. The van der Waals surface area contributed by atoms with Crippen molar-refractivity contribution in [2.24, 2.45) is 5.73 Å². The molecule has 0 fully saturated rings. The third-order valence-corrected chi connectivity index (χ3v) is 2.28. The van der Waals surface area contributed by atoms with E-state index < -0.39 is 11.7 Å². The molecule has 0 aliphatic heterocycles. The SMILES string of the molecule is CN(C)CCNc1cc(C(N)=O)c(N)cc1F. The first-order chi connectivity index (χ1) is 7.91. The summed E-state index contributed by atoms with van der Waals surface area (Å²) in [5, 5.41) is 2.89. The van der Waals surface area contributed by atoms with Crippen molar-refractivity contribution in [2.75, 3.05) is 38.2 Å². The number of nitrogens with zero attached hydrogens (tertiary/aromatic N) is 1. The molecule has 0 bridgehead atoms. The lowest BCUT2D eigenvalue weighted by Crippen LogP contribution is -2.21. The molecule has 0 unspecified atom stereocenters. The quantitative estimate of drug-likeness (QED) is 0.654. The number of nitrogen functional groups attached to an aromatic ring is 1. The topological polar surface area (TPSA) is 84.4 Å². The maximum atomic E-state index is 13.5. The number of halogens is 1. The number of carbonyl (C=O) groups is 1. The molecule has 0 spiro atoms. The van der Waals surface area contributed by atoms with Gasteiger partial charge in [-0.1, -0.05) is 0 Å². The summed E-state index contributed by atoms with van der Waals surface area (Å²) in [5.74, 6) is -1.16. The number of hydrogen-bond acceptors (Lipinski definition) is 4. The van der Waals surface area contributed by atoms with Crippen LogP contribution in [0.3, 0.4) is 0 Å². The number of primary amides is 1. The van der Waals surface area contributed by atoms with Crippen LogP contribution in [0.15, 0.2) is 12.1 Å². The van der Waals surface area contributed by atoms with Crippen molar-refractivity contribution in [3.8, 4) is 0 Å². The number of benzene rings is 1. The Bertz CT molecular complexity index is 420. The van der Waals surface area contributed by atoms with E-state index in [0.717, 1.165) is 12.6 Å². The highest BCUT2D eigenvalue weighted by Gasteiger charge is 2.11. The van der Waals surface area contributed by atoms with Crippen molar-refractivity contribution in [3.63, 3.8) is 0 Å². The molecule has 6 heteroatoms. The standard InChI is InChI=1S/C11H17FN4O/c1-16(2)4-3-15-10-5-7(11(14)17)9(13)6-8(10)12/h5-6,15H,3-4,13H2,1-2H3,(H2,14,17). The minimum Gasteiger partial charge on any atom is -0.398 e. The lowest BCUT2D eigenvalue weighted by molar-refractivity contribution is 0.100. The van der Waals surface area contributed by atoms with Crippen LogP contribution < -0.4 is 16.8 Å². The van der Waals surface area contributed by atoms with Gasteiger partial charge in [-0.3, -0.25) is 4.79 Å². The molecule has 17 heavy (non-hydrogen) atoms. The van der Waals surface area contributed by atoms with E-state index in [4.69, 9.17) is 11.5 Å². The minimum absolute atomic E-state index is 0.0492. The lowest BCUT2D eigenvalue weighted by atomic mass is 10.1. The van der Waals surface area contributed by atoms with Crippen molar-refractivity contribution in [2.45, 2.75) is 0 Å². The van der Waals surface area contributed by atoms with Crippen LogP contribution in [-0.4, -0.2) is 38.0 Å².